The fraction of sp³-hybridized carbons (Fsp3) is 0.976. The molecule has 2 unspecified atom stereocenters. The smallest absolute Gasteiger partial charge is 0.306 e. The van der Waals surface area contributed by atoms with E-state index in [1.54, 1.807) is 0 Å². The molecule has 0 saturated heterocycles. The zero-order valence-corrected chi connectivity index (χ0v) is 30.5. The summed E-state index contributed by atoms with van der Waals surface area (Å²) in [6.45, 7) is 9.85. The fourth-order valence-electron chi connectivity index (χ4n) is 6.73. The SMILES string of the molecule is CCCCCCCCCCC(CCCCCCCC)COC(=O)CC(CCCCCCCC)CCCCCCCCCC. The third-order valence-corrected chi connectivity index (χ3v) is 9.80. The van der Waals surface area contributed by atoms with E-state index < -0.39 is 0 Å². The Kier molecular flexibility index (Phi) is 35.5. The van der Waals surface area contributed by atoms with Crippen LogP contribution in [-0.2, 0) is 9.53 Å². The van der Waals surface area contributed by atoms with E-state index in [1.807, 2.05) is 0 Å². The Hall–Kier alpha value is -0.530. The van der Waals surface area contributed by atoms with E-state index in [0.29, 0.717) is 24.9 Å². The maximum atomic E-state index is 13.1. The molecule has 0 heterocycles. The van der Waals surface area contributed by atoms with Crippen LogP contribution in [0.4, 0.5) is 0 Å². The molecule has 0 rings (SSSR count). The number of unbranched alkanes of at least 4 members (excludes halogenated alkanes) is 24. The normalized spacial score (nSPS) is 12.9. The van der Waals surface area contributed by atoms with Crippen LogP contribution < -0.4 is 0 Å². The number of carbonyl (C=O) groups is 1. The number of ether oxygens (including phenoxy) is 1. The molecule has 0 aromatic heterocycles. The van der Waals surface area contributed by atoms with Crippen LogP contribution in [0, 0.1) is 11.8 Å². The van der Waals surface area contributed by atoms with Crippen LogP contribution in [0.25, 0.3) is 0 Å². The maximum Gasteiger partial charge on any atom is 0.306 e. The quantitative estimate of drug-likeness (QED) is 0.0524. The summed E-state index contributed by atoms with van der Waals surface area (Å²) in [5.41, 5.74) is 0. The summed E-state index contributed by atoms with van der Waals surface area (Å²) in [6, 6.07) is 0. The van der Waals surface area contributed by atoms with Crippen LogP contribution in [0.5, 0.6) is 0 Å². The second kappa shape index (κ2) is 35.9. The highest BCUT2D eigenvalue weighted by atomic mass is 16.5. The van der Waals surface area contributed by atoms with Gasteiger partial charge in [0.05, 0.1) is 6.61 Å². The molecular formula is C41H82O2. The molecule has 0 radical (unpaired) electrons. The maximum absolute atomic E-state index is 13.1. The predicted molar refractivity (Wildman–Crippen MR) is 193 cm³/mol. The molecule has 0 aliphatic heterocycles. The lowest BCUT2D eigenvalue weighted by Crippen LogP contribution is -2.17. The highest BCUT2D eigenvalue weighted by molar-refractivity contribution is 5.69. The van der Waals surface area contributed by atoms with Crippen molar-refractivity contribution in [3.63, 3.8) is 0 Å². The van der Waals surface area contributed by atoms with Crippen molar-refractivity contribution in [3.8, 4) is 0 Å². The minimum atomic E-state index is 0.0967. The van der Waals surface area contributed by atoms with Gasteiger partial charge in [0.15, 0.2) is 0 Å². The molecule has 0 saturated carbocycles. The molecular weight excluding hydrogens is 524 g/mol. The molecule has 0 N–H and O–H groups in total. The predicted octanol–water partition coefficient (Wildman–Crippen LogP) is 14.7. The van der Waals surface area contributed by atoms with Crippen molar-refractivity contribution in [3.05, 3.63) is 0 Å². The monoisotopic (exact) mass is 607 g/mol. The lowest BCUT2D eigenvalue weighted by Gasteiger charge is -2.20. The number of hydrogen-bond donors (Lipinski definition) is 0. The topological polar surface area (TPSA) is 26.3 Å². The molecule has 0 aliphatic rings. The van der Waals surface area contributed by atoms with Crippen LogP contribution in [0.1, 0.15) is 240 Å². The summed E-state index contributed by atoms with van der Waals surface area (Å²) in [5.74, 6) is 1.20. The molecule has 0 fully saturated rings. The van der Waals surface area contributed by atoms with E-state index >= 15 is 0 Å². The Balaban J connectivity index is 4.59. The Morgan fingerprint density at radius 3 is 0.930 bits per heavy atom. The van der Waals surface area contributed by atoms with Gasteiger partial charge in [0.1, 0.15) is 0 Å². The Morgan fingerprint density at radius 2 is 0.628 bits per heavy atom. The molecule has 0 bridgehead atoms. The van der Waals surface area contributed by atoms with Crippen LogP contribution in [0.15, 0.2) is 0 Å². The average molecular weight is 607 g/mol. The van der Waals surface area contributed by atoms with Crippen LogP contribution in [0.2, 0.25) is 0 Å². The van der Waals surface area contributed by atoms with Crippen molar-refractivity contribution < 1.29 is 9.53 Å². The van der Waals surface area contributed by atoms with Gasteiger partial charge < -0.3 is 4.74 Å². The first-order valence-corrected chi connectivity index (χ1v) is 20.3. The first-order valence-electron chi connectivity index (χ1n) is 20.3. The average Bonchev–Trinajstić information content (AvgIpc) is 3.01. The zero-order chi connectivity index (χ0) is 31.5. The van der Waals surface area contributed by atoms with Gasteiger partial charge in [-0.05, 0) is 37.5 Å². The third-order valence-electron chi connectivity index (χ3n) is 9.80. The Morgan fingerprint density at radius 1 is 0.372 bits per heavy atom. The molecule has 2 heteroatoms. The third kappa shape index (κ3) is 32.7. The molecule has 2 atom stereocenters. The van der Waals surface area contributed by atoms with Gasteiger partial charge in [-0.25, -0.2) is 0 Å². The van der Waals surface area contributed by atoms with Crippen molar-refractivity contribution in [2.24, 2.45) is 11.8 Å². The van der Waals surface area contributed by atoms with E-state index in [-0.39, 0.29) is 5.97 Å². The van der Waals surface area contributed by atoms with Gasteiger partial charge in [0, 0.05) is 6.42 Å². The van der Waals surface area contributed by atoms with E-state index in [2.05, 4.69) is 27.7 Å². The summed E-state index contributed by atoms with van der Waals surface area (Å²) in [6.07, 6.45) is 43.6. The first kappa shape index (κ1) is 42.5. The van der Waals surface area contributed by atoms with Crippen LogP contribution in [-0.4, -0.2) is 12.6 Å². The highest BCUT2D eigenvalue weighted by Gasteiger charge is 2.17. The summed E-state index contributed by atoms with van der Waals surface area (Å²) in [5, 5.41) is 0. The molecule has 0 aliphatic carbocycles. The Bertz CT molecular complexity index is 530. The molecule has 0 spiro atoms. The second-order valence-corrected chi connectivity index (χ2v) is 14.3. The van der Waals surface area contributed by atoms with Gasteiger partial charge in [-0.3, -0.25) is 4.79 Å². The second-order valence-electron chi connectivity index (χ2n) is 14.3. The minimum Gasteiger partial charge on any atom is -0.465 e. The zero-order valence-electron chi connectivity index (χ0n) is 30.5. The molecule has 0 aromatic carbocycles. The van der Waals surface area contributed by atoms with Crippen molar-refractivity contribution >= 4 is 5.97 Å². The fourth-order valence-corrected chi connectivity index (χ4v) is 6.73. The van der Waals surface area contributed by atoms with Crippen molar-refractivity contribution in [2.45, 2.75) is 240 Å². The van der Waals surface area contributed by atoms with Crippen LogP contribution in [0.3, 0.4) is 0 Å². The molecule has 2 nitrogen and oxygen atoms in total. The van der Waals surface area contributed by atoms with Crippen molar-refractivity contribution in [2.75, 3.05) is 6.61 Å². The highest BCUT2D eigenvalue weighted by Crippen LogP contribution is 2.24. The molecule has 0 aromatic rings. The van der Waals surface area contributed by atoms with Gasteiger partial charge >= 0.3 is 5.97 Å². The number of rotatable bonds is 36. The van der Waals surface area contributed by atoms with Crippen LogP contribution >= 0.6 is 0 Å². The Labute approximate surface area is 273 Å². The standard InChI is InChI=1S/C41H82O2/c1-5-9-13-17-21-23-27-30-34-39(33-29-25-19-15-11-7-3)37-41(42)43-38-40(35-31-26-20-16-12-8-4)36-32-28-24-22-18-14-10-6-2/h39-40H,5-38H2,1-4H3. The van der Waals surface area contributed by atoms with Gasteiger partial charge in [-0.15, -0.1) is 0 Å². The molecule has 0 amide bonds. The van der Waals surface area contributed by atoms with E-state index in [4.69, 9.17) is 4.74 Å². The van der Waals surface area contributed by atoms with E-state index in [9.17, 15) is 4.79 Å². The van der Waals surface area contributed by atoms with Gasteiger partial charge in [-0.2, -0.15) is 0 Å². The number of hydrogen-bond acceptors (Lipinski definition) is 2. The summed E-state index contributed by atoms with van der Waals surface area (Å²) in [7, 11) is 0. The number of carbonyl (C=O) groups excluding carboxylic acids is 1. The van der Waals surface area contributed by atoms with E-state index in [1.165, 1.54) is 205 Å². The number of esters is 1. The molecule has 258 valence electrons. The summed E-state index contributed by atoms with van der Waals surface area (Å²) in [4.78, 5) is 13.1. The lowest BCUT2D eigenvalue weighted by molar-refractivity contribution is -0.146. The summed E-state index contributed by atoms with van der Waals surface area (Å²) >= 11 is 0. The van der Waals surface area contributed by atoms with Gasteiger partial charge in [-0.1, -0.05) is 207 Å². The van der Waals surface area contributed by atoms with Gasteiger partial charge in [0.25, 0.3) is 0 Å². The lowest BCUT2D eigenvalue weighted by atomic mass is 9.91. The summed E-state index contributed by atoms with van der Waals surface area (Å²) < 4.78 is 6.06. The van der Waals surface area contributed by atoms with Crippen molar-refractivity contribution in [1.82, 2.24) is 0 Å². The first-order chi connectivity index (χ1) is 21.2. The van der Waals surface area contributed by atoms with Gasteiger partial charge in [0.2, 0.25) is 0 Å². The van der Waals surface area contributed by atoms with Crippen molar-refractivity contribution in [1.29, 1.82) is 0 Å². The molecule has 43 heavy (non-hydrogen) atoms. The minimum absolute atomic E-state index is 0.0967. The van der Waals surface area contributed by atoms with E-state index in [0.717, 1.165) is 0 Å². The largest absolute Gasteiger partial charge is 0.465 e.